The van der Waals surface area contributed by atoms with E-state index in [-0.39, 0.29) is 22.7 Å². The summed E-state index contributed by atoms with van der Waals surface area (Å²) in [6, 6.07) is 13.8. The number of pyridine rings is 2. The first-order valence-corrected chi connectivity index (χ1v) is 8.71. The van der Waals surface area contributed by atoms with Gasteiger partial charge < -0.3 is 5.73 Å². The molecule has 0 atom stereocenters. The van der Waals surface area contributed by atoms with Crippen molar-refractivity contribution in [3.8, 4) is 29.0 Å². The van der Waals surface area contributed by atoms with Gasteiger partial charge in [-0.05, 0) is 29.3 Å². The molecule has 3 rings (SSSR count). The number of nitrogens with two attached hydrogens (primary N) is 1. The van der Waals surface area contributed by atoms with Crippen LogP contribution in [0.15, 0.2) is 53.8 Å². The summed E-state index contributed by atoms with van der Waals surface area (Å²) < 4.78 is 12.3. The summed E-state index contributed by atoms with van der Waals surface area (Å²) in [5, 5.41) is 19.6. The largest absolute Gasteiger partial charge is 0.383 e. The first-order valence-electron chi connectivity index (χ1n) is 7.72. The average Bonchev–Trinajstić information content (AvgIpc) is 2.72. The molecule has 27 heavy (non-hydrogen) atoms. The highest BCUT2D eigenvalue weighted by Crippen LogP contribution is 2.37. The van der Waals surface area contributed by atoms with Gasteiger partial charge in [-0.15, -0.1) is 11.8 Å². The van der Waals surface area contributed by atoms with Gasteiger partial charge in [-0.3, -0.25) is 9.93 Å². The SMILES string of the molecule is N#Cc1c(N)nc(SCc2cccnc2)c(C#N)c1-c1ccc(OF)cc1. The van der Waals surface area contributed by atoms with Crippen molar-refractivity contribution in [2.75, 3.05) is 5.73 Å². The quantitative estimate of drug-likeness (QED) is 0.669. The first kappa shape index (κ1) is 18.2. The lowest BCUT2D eigenvalue weighted by molar-refractivity contribution is -0.00618. The third-order valence-electron chi connectivity index (χ3n) is 3.75. The maximum atomic E-state index is 12.3. The molecule has 0 unspecified atom stereocenters. The molecule has 6 nitrogen and oxygen atoms in total. The maximum Gasteiger partial charge on any atom is 0.171 e. The Bertz CT molecular complexity index is 1040. The number of aromatic nitrogens is 2. The first-order chi connectivity index (χ1) is 13.2. The predicted octanol–water partition coefficient (Wildman–Crippen LogP) is 4.02. The molecular weight excluding hydrogens is 365 g/mol. The highest BCUT2D eigenvalue weighted by molar-refractivity contribution is 7.98. The molecule has 0 radical (unpaired) electrons. The van der Waals surface area contributed by atoms with Crippen LogP contribution < -0.4 is 10.7 Å². The third kappa shape index (κ3) is 3.81. The summed E-state index contributed by atoms with van der Waals surface area (Å²) in [5.74, 6) is 0.588. The number of nitrogen functional groups attached to an aromatic ring is 1. The van der Waals surface area contributed by atoms with Crippen LogP contribution in [0.2, 0.25) is 0 Å². The van der Waals surface area contributed by atoms with Gasteiger partial charge in [-0.2, -0.15) is 10.5 Å². The topological polar surface area (TPSA) is 109 Å². The molecule has 0 bridgehead atoms. The van der Waals surface area contributed by atoms with Crippen LogP contribution >= 0.6 is 11.8 Å². The van der Waals surface area contributed by atoms with Gasteiger partial charge in [0.05, 0.1) is 5.56 Å². The van der Waals surface area contributed by atoms with Gasteiger partial charge in [-0.25, -0.2) is 4.98 Å². The molecule has 2 heterocycles. The van der Waals surface area contributed by atoms with Crippen LogP contribution in [0.25, 0.3) is 11.1 Å². The summed E-state index contributed by atoms with van der Waals surface area (Å²) in [6.45, 7) is 0. The molecule has 2 N–H and O–H groups in total. The average molecular weight is 377 g/mol. The van der Waals surface area contributed by atoms with Crippen LogP contribution in [0, 0.1) is 22.7 Å². The molecular formula is C19H12FN5OS. The fourth-order valence-electron chi connectivity index (χ4n) is 2.50. The molecule has 132 valence electrons. The van der Waals surface area contributed by atoms with E-state index in [1.807, 2.05) is 18.2 Å². The van der Waals surface area contributed by atoms with Crippen molar-refractivity contribution in [3.63, 3.8) is 0 Å². The lowest BCUT2D eigenvalue weighted by atomic mass is 9.97. The predicted molar refractivity (Wildman–Crippen MR) is 99.0 cm³/mol. The zero-order chi connectivity index (χ0) is 19.2. The summed E-state index contributed by atoms with van der Waals surface area (Å²) >= 11 is 1.33. The van der Waals surface area contributed by atoms with Crippen LogP contribution in [0.1, 0.15) is 16.7 Å². The molecule has 0 spiro atoms. The number of nitrogens with zero attached hydrogens (tertiary/aromatic N) is 4. The van der Waals surface area contributed by atoms with Crippen molar-refractivity contribution in [1.82, 2.24) is 9.97 Å². The number of halogens is 1. The van der Waals surface area contributed by atoms with Gasteiger partial charge in [0.15, 0.2) is 5.75 Å². The lowest BCUT2D eigenvalue weighted by Crippen LogP contribution is -2.03. The number of benzene rings is 1. The highest BCUT2D eigenvalue weighted by Gasteiger charge is 2.20. The van der Waals surface area contributed by atoms with E-state index >= 15 is 0 Å². The van der Waals surface area contributed by atoms with E-state index in [1.54, 1.807) is 24.5 Å². The standard InChI is InChI=1S/C19H12FN5OS/c20-26-14-5-3-13(4-6-14)17-15(8-21)18(23)25-19(16(17)9-22)27-11-12-2-1-7-24-10-12/h1-7,10H,11H2,(H2,23,25). The molecule has 0 aliphatic rings. The maximum absolute atomic E-state index is 12.3. The molecule has 0 aliphatic carbocycles. The van der Waals surface area contributed by atoms with Gasteiger partial charge in [0, 0.05) is 28.2 Å². The number of nitriles is 2. The second-order valence-corrected chi connectivity index (χ2v) is 6.37. The number of thioether (sulfide) groups is 1. The molecule has 1 aromatic carbocycles. The van der Waals surface area contributed by atoms with Gasteiger partial charge in [0.2, 0.25) is 0 Å². The Morgan fingerprint density at radius 2 is 1.85 bits per heavy atom. The van der Waals surface area contributed by atoms with Gasteiger partial charge in [0.25, 0.3) is 0 Å². The number of hydrogen-bond acceptors (Lipinski definition) is 7. The van der Waals surface area contributed by atoms with E-state index in [9.17, 15) is 15.0 Å². The van der Waals surface area contributed by atoms with Gasteiger partial charge in [-0.1, -0.05) is 18.2 Å². The highest BCUT2D eigenvalue weighted by atomic mass is 32.2. The van der Waals surface area contributed by atoms with Crippen molar-refractivity contribution in [1.29, 1.82) is 10.5 Å². The van der Waals surface area contributed by atoms with Crippen molar-refractivity contribution in [2.45, 2.75) is 10.8 Å². The molecule has 0 saturated heterocycles. The summed E-state index contributed by atoms with van der Waals surface area (Å²) in [7, 11) is 0. The molecule has 0 saturated carbocycles. The number of rotatable bonds is 5. The van der Waals surface area contributed by atoms with Crippen LogP contribution in [0.5, 0.6) is 5.75 Å². The minimum atomic E-state index is 0.0176. The number of hydrogen-bond donors (Lipinski definition) is 1. The zero-order valence-corrected chi connectivity index (χ0v) is 14.7. The minimum absolute atomic E-state index is 0.0176. The minimum Gasteiger partial charge on any atom is -0.383 e. The molecule has 2 aromatic heterocycles. The van der Waals surface area contributed by atoms with Gasteiger partial charge in [0.1, 0.15) is 28.5 Å². The Hall–Kier alpha value is -3.62. The third-order valence-corrected chi connectivity index (χ3v) is 4.79. The van der Waals surface area contributed by atoms with Crippen molar-refractivity contribution in [3.05, 3.63) is 65.5 Å². The Morgan fingerprint density at radius 3 is 2.44 bits per heavy atom. The summed E-state index contributed by atoms with van der Waals surface area (Å²) in [5.41, 5.74) is 8.18. The van der Waals surface area contributed by atoms with Crippen molar-refractivity contribution in [2.24, 2.45) is 0 Å². The van der Waals surface area contributed by atoms with E-state index in [2.05, 4.69) is 21.0 Å². The second kappa shape index (κ2) is 8.17. The Morgan fingerprint density at radius 1 is 1.11 bits per heavy atom. The van der Waals surface area contributed by atoms with Crippen LogP contribution in [-0.4, -0.2) is 9.97 Å². The lowest BCUT2D eigenvalue weighted by Gasteiger charge is -2.13. The Labute approximate surface area is 159 Å². The summed E-state index contributed by atoms with van der Waals surface area (Å²) in [6.07, 6.45) is 3.40. The molecule has 0 aliphatic heterocycles. The molecule has 0 amide bonds. The van der Waals surface area contributed by atoms with E-state index < -0.39 is 0 Å². The molecule has 8 heteroatoms. The fraction of sp³-hybridized carbons (Fsp3) is 0.0526. The van der Waals surface area contributed by atoms with Crippen molar-refractivity contribution >= 4 is 17.6 Å². The molecule has 3 aromatic rings. The van der Waals surface area contributed by atoms with E-state index in [1.165, 1.54) is 23.9 Å². The normalized spacial score (nSPS) is 10.0. The molecule has 0 fully saturated rings. The Balaban J connectivity index is 2.09. The van der Waals surface area contributed by atoms with Crippen molar-refractivity contribution < 1.29 is 9.47 Å². The zero-order valence-electron chi connectivity index (χ0n) is 13.9. The van der Waals surface area contributed by atoms with E-state index in [0.29, 0.717) is 21.9 Å². The van der Waals surface area contributed by atoms with E-state index in [0.717, 1.165) is 5.56 Å². The van der Waals surface area contributed by atoms with Crippen LogP contribution in [-0.2, 0) is 5.75 Å². The number of anilines is 1. The van der Waals surface area contributed by atoms with E-state index in [4.69, 9.17) is 5.73 Å². The fourth-order valence-corrected chi connectivity index (χ4v) is 3.43. The monoisotopic (exact) mass is 377 g/mol. The smallest absolute Gasteiger partial charge is 0.171 e. The van der Waals surface area contributed by atoms with Crippen LogP contribution in [0.3, 0.4) is 0 Å². The Kier molecular flexibility index (Phi) is 5.50. The van der Waals surface area contributed by atoms with Gasteiger partial charge >= 0.3 is 0 Å². The van der Waals surface area contributed by atoms with Crippen LogP contribution in [0.4, 0.5) is 10.3 Å². The second-order valence-electron chi connectivity index (χ2n) is 5.40. The summed E-state index contributed by atoms with van der Waals surface area (Å²) in [4.78, 5) is 12.0.